The number of imide groups is 1. The first-order valence-corrected chi connectivity index (χ1v) is 11.6. The number of nitrogens with zero attached hydrogens (tertiary/aromatic N) is 4. The van der Waals surface area contributed by atoms with Crippen molar-refractivity contribution in [2.45, 2.75) is 37.8 Å². The maximum Gasteiger partial charge on any atom is 0.324 e. The van der Waals surface area contributed by atoms with Crippen LogP contribution in [0.2, 0.25) is 0 Å². The van der Waals surface area contributed by atoms with E-state index in [4.69, 9.17) is 5.21 Å². The lowest BCUT2D eigenvalue weighted by atomic mass is 9.83. The molecule has 35 heavy (non-hydrogen) atoms. The quantitative estimate of drug-likeness (QED) is 0.465. The van der Waals surface area contributed by atoms with E-state index in [-0.39, 0.29) is 36.4 Å². The Kier molecular flexibility index (Phi) is 6.03. The van der Waals surface area contributed by atoms with Gasteiger partial charge in [-0.2, -0.15) is 0 Å². The normalized spacial score (nSPS) is 23.2. The van der Waals surface area contributed by atoms with Crippen molar-refractivity contribution in [1.29, 1.82) is 0 Å². The molecule has 2 fully saturated rings. The monoisotopic (exact) mass is 480 g/mol. The summed E-state index contributed by atoms with van der Waals surface area (Å²) in [5, 5.41) is 22.6. The number of amides is 4. The molecule has 11 nitrogen and oxygen atoms in total. The van der Waals surface area contributed by atoms with Crippen molar-refractivity contribution in [3.05, 3.63) is 69.3 Å². The Morgan fingerprint density at radius 1 is 1.09 bits per heavy atom. The fourth-order valence-electron chi connectivity index (χ4n) is 5.40. The van der Waals surface area contributed by atoms with E-state index >= 15 is 0 Å². The van der Waals surface area contributed by atoms with Crippen LogP contribution < -0.4 is 16.1 Å². The third-order valence-corrected chi connectivity index (χ3v) is 7.10. The van der Waals surface area contributed by atoms with E-state index < -0.39 is 28.8 Å². The van der Waals surface area contributed by atoms with Crippen LogP contribution in [0.5, 0.6) is 0 Å². The van der Waals surface area contributed by atoms with Crippen LogP contribution in [0.15, 0.2) is 47.3 Å². The Hall–Kier alpha value is -3.70. The number of nitrogens with one attached hydrogen (secondary N) is 1. The highest BCUT2D eigenvalue weighted by Crippen LogP contribution is 2.36. The van der Waals surface area contributed by atoms with Gasteiger partial charge in [-0.05, 0) is 36.5 Å². The summed E-state index contributed by atoms with van der Waals surface area (Å²) in [7, 11) is 0. The van der Waals surface area contributed by atoms with Gasteiger partial charge in [0.1, 0.15) is 11.7 Å². The number of anilines is 1. The number of fused-ring (bicyclic) bond motifs is 4. The summed E-state index contributed by atoms with van der Waals surface area (Å²) in [6.45, 7) is 1.37. The molecule has 0 radical (unpaired) electrons. The number of rotatable bonds is 6. The third-order valence-electron chi connectivity index (χ3n) is 7.10. The number of likely N-dealkylation sites (tertiary alicyclic amines) is 1. The van der Waals surface area contributed by atoms with Gasteiger partial charge in [-0.25, -0.2) is 4.79 Å². The summed E-state index contributed by atoms with van der Waals surface area (Å²) in [6, 6.07) is 11.1. The number of hydrogen-bond donors (Lipinski definition) is 2. The second-order valence-corrected chi connectivity index (χ2v) is 9.36. The summed E-state index contributed by atoms with van der Waals surface area (Å²) in [4.78, 5) is 53.7. The van der Waals surface area contributed by atoms with E-state index in [1.165, 1.54) is 10.6 Å². The van der Waals surface area contributed by atoms with Crippen LogP contribution in [-0.2, 0) is 22.6 Å². The van der Waals surface area contributed by atoms with Crippen molar-refractivity contribution in [2.75, 3.05) is 24.9 Å². The number of carbonyl (C=O) groups excluding carboxylic acids is 3. The van der Waals surface area contributed by atoms with E-state index in [9.17, 15) is 24.4 Å². The second kappa shape index (κ2) is 9.16. The summed E-state index contributed by atoms with van der Waals surface area (Å²) in [6.07, 6.45) is 1.22. The fourth-order valence-corrected chi connectivity index (χ4v) is 5.40. The zero-order valence-corrected chi connectivity index (χ0v) is 19.0. The third kappa shape index (κ3) is 4.40. The lowest BCUT2D eigenvalue weighted by Crippen LogP contribution is -2.50. The van der Waals surface area contributed by atoms with Gasteiger partial charge in [-0.1, -0.05) is 30.3 Å². The van der Waals surface area contributed by atoms with Gasteiger partial charge in [0.2, 0.25) is 5.91 Å². The Labute approximate surface area is 201 Å². The maximum atomic E-state index is 13.1. The molecule has 2 aromatic rings. The summed E-state index contributed by atoms with van der Waals surface area (Å²) in [5.74, 6) is -0.708. The van der Waals surface area contributed by atoms with Gasteiger partial charge in [0.05, 0.1) is 6.42 Å². The summed E-state index contributed by atoms with van der Waals surface area (Å²) < 4.78 is 1.50. The van der Waals surface area contributed by atoms with Crippen molar-refractivity contribution >= 4 is 23.5 Å². The van der Waals surface area contributed by atoms with Crippen LogP contribution in [0.25, 0.3) is 0 Å². The van der Waals surface area contributed by atoms with Crippen LogP contribution in [-0.4, -0.2) is 63.1 Å². The zero-order chi connectivity index (χ0) is 24.7. The number of benzene rings is 1. The first-order chi connectivity index (χ1) is 16.8. The smallest absolute Gasteiger partial charge is 0.324 e. The van der Waals surface area contributed by atoms with Crippen molar-refractivity contribution in [3.8, 4) is 0 Å². The van der Waals surface area contributed by atoms with Crippen molar-refractivity contribution in [3.63, 3.8) is 0 Å². The molecule has 3 aliphatic heterocycles. The van der Waals surface area contributed by atoms with Crippen LogP contribution in [0.1, 0.15) is 30.0 Å². The van der Waals surface area contributed by atoms with Crippen LogP contribution in [0, 0.1) is 11.1 Å². The molecular formula is C24H26N5O6-. The van der Waals surface area contributed by atoms with Crippen LogP contribution in [0.4, 0.5) is 10.5 Å². The van der Waals surface area contributed by atoms with Crippen molar-refractivity contribution < 1.29 is 19.6 Å². The van der Waals surface area contributed by atoms with Crippen LogP contribution >= 0.6 is 0 Å². The first-order valence-electron chi connectivity index (χ1n) is 11.6. The van der Waals surface area contributed by atoms with Gasteiger partial charge in [0.25, 0.3) is 11.5 Å². The van der Waals surface area contributed by atoms with Gasteiger partial charge in [0.15, 0.2) is 0 Å². The van der Waals surface area contributed by atoms with E-state index in [1.807, 2.05) is 30.3 Å². The number of urea groups is 1. The Morgan fingerprint density at radius 3 is 2.60 bits per heavy atom. The molecule has 3 aliphatic rings. The lowest BCUT2D eigenvalue weighted by molar-refractivity contribution is -0.137. The van der Waals surface area contributed by atoms with E-state index in [0.717, 1.165) is 16.9 Å². The van der Waals surface area contributed by atoms with Gasteiger partial charge in [-0.3, -0.25) is 24.5 Å². The van der Waals surface area contributed by atoms with E-state index in [1.54, 1.807) is 11.0 Å². The second-order valence-electron chi connectivity index (χ2n) is 9.36. The minimum atomic E-state index is -0.891. The molecule has 3 atom stereocenters. The molecule has 0 saturated carbocycles. The number of aromatic nitrogens is 1. The van der Waals surface area contributed by atoms with Crippen LogP contribution in [0.3, 0.4) is 0 Å². The van der Waals surface area contributed by atoms with Gasteiger partial charge in [-0.15, -0.1) is 0 Å². The number of piperidine rings is 1. The molecule has 2 N–H and O–H groups in total. The Bertz CT molecular complexity index is 1210. The molecule has 0 unspecified atom stereocenters. The highest BCUT2D eigenvalue weighted by molar-refractivity contribution is 6.05. The highest BCUT2D eigenvalue weighted by Gasteiger charge is 2.41. The maximum absolute atomic E-state index is 13.1. The molecule has 5 rings (SSSR count). The summed E-state index contributed by atoms with van der Waals surface area (Å²) in [5.41, 5.74) is 0.839. The summed E-state index contributed by atoms with van der Waals surface area (Å²) >= 11 is 0. The predicted molar refractivity (Wildman–Crippen MR) is 125 cm³/mol. The van der Waals surface area contributed by atoms with Gasteiger partial charge in [0, 0.05) is 37.8 Å². The van der Waals surface area contributed by atoms with Crippen molar-refractivity contribution in [1.82, 2.24) is 19.7 Å². The molecule has 4 heterocycles. The predicted octanol–water partition coefficient (Wildman–Crippen LogP) is 1.04. The van der Waals surface area contributed by atoms with E-state index in [2.05, 4.69) is 5.32 Å². The Balaban J connectivity index is 1.23. The topological polar surface area (TPSA) is 138 Å². The number of carbonyl (C=O) groups is 3. The van der Waals surface area contributed by atoms with Crippen molar-refractivity contribution in [2.24, 2.45) is 5.92 Å². The molecule has 184 valence electrons. The molecule has 4 amide bonds. The number of hydrogen-bond acceptors (Lipinski definition) is 7. The average Bonchev–Trinajstić information content (AvgIpc) is 3.10. The first kappa shape index (κ1) is 23.1. The Morgan fingerprint density at radius 2 is 1.86 bits per heavy atom. The molecule has 2 bridgehead atoms. The molecule has 0 aliphatic carbocycles. The van der Waals surface area contributed by atoms with Gasteiger partial charge >= 0.3 is 6.03 Å². The van der Waals surface area contributed by atoms with E-state index in [0.29, 0.717) is 31.7 Å². The molecule has 0 spiro atoms. The molecule has 1 aromatic heterocycles. The standard InChI is InChI=1S/C24H26N5O6/c30-21(11-18-22(31)27(24(33)25-18)9-8-15-4-2-1-3-5-15)26-12-16-10-17(14-26)19-6-7-20(29(34)35)23(32)28(19)13-16/h1-7,16-18,34H,8-14H2,(H,25,33)/q-1/t16-,17+,18+/m1/s1. The lowest BCUT2D eigenvalue weighted by Gasteiger charge is -2.43. The average molecular weight is 481 g/mol. The molecular weight excluding hydrogens is 454 g/mol. The SMILES string of the molecule is O=C(C[C@@H]1NC(=O)N(CCc2ccccc2)C1=O)N1C[C@H]2C[C@@H](C1)c1ccc(N([O-])O)c(=O)n1C2. The molecule has 2 saturated heterocycles. The number of pyridine rings is 1. The molecule has 1 aromatic carbocycles. The highest BCUT2D eigenvalue weighted by atomic mass is 16.8. The minimum absolute atomic E-state index is 0.00758. The van der Waals surface area contributed by atoms with Gasteiger partial charge < -0.3 is 25.2 Å². The zero-order valence-electron chi connectivity index (χ0n) is 19.0. The minimum Gasteiger partial charge on any atom is -0.733 e. The molecule has 11 heteroatoms. The fraction of sp³-hybridized carbons (Fsp3) is 0.417. The largest absolute Gasteiger partial charge is 0.733 e.